The van der Waals surface area contributed by atoms with Gasteiger partial charge in [0.25, 0.3) is 0 Å². The van der Waals surface area contributed by atoms with Crippen molar-refractivity contribution in [2.45, 2.75) is 18.4 Å². The summed E-state index contributed by atoms with van der Waals surface area (Å²) < 4.78 is 15.9. The second kappa shape index (κ2) is 5.87. The van der Waals surface area contributed by atoms with Crippen LogP contribution in [0.15, 0.2) is 23.2 Å². The van der Waals surface area contributed by atoms with Crippen LogP contribution in [0, 0.1) is 0 Å². The van der Waals surface area contributed by atoms with Crippen molar-refractivity contribution in [3.63, 3.8) is 0 Å². The lowest BCUT2D eigenvalue weighted by molar-refractivity contribution is 0.0530. The van der Waals surface area contributed by atoms with Gasteiger partial charge in [0, 0.05) is 26.1 Å². The normalized spacial score (nSPS) is 17.4. The zero-order chi connectivity index (χ0) is 13.7. The van der Waals surface area contributed by atoms with E-state index in [1.165, 1.54) is 0 Å². The average Bonchev–Trinajstić information content (AvgIpc) is 2.47. The van der Waals surface area contributed by atoms with Gasteiger partial charge in [-0.05, 0) is 17.7 Å². The van der Waals surface area contributed by atoms with Gasteiger partial charge < -0.3 is 14.2 Å². The monoisotopic (exact) mass is 263 g/mol. The molecule has 0 N–H and O–H groups in total. The van der Waals surface area contributed by atoms with Gasteiger partial charge in [-0.2, -0.15) is 4.99 Å². The van der Waals surface area contributed by atoms with Gasteiger partial charge in [-0.3, -0.25) is 0 Å². The summed E-state index contributed by atoms with van der Waals surface area (Å²) in [5.41, 5.74) is 0.372. The molecule has 5 nitrogen and oxygen atoms in total. The van der Waals surface area contributed by atoms with E-state index in [-0.39, 0.29) is 0 Å². The molecule has 0 radical (unpaired) electrons. The van der Waals surface area contributed by atoms with Crippen LogP contribution in [0.25, 0.3) is 0 Å². The predicted octanol–water partition coefficient (Wildman–Crippen LogP) is 2.05. The number of rotatable bonds is 4. The average molecular weight is 263 g/mol. The molecule has 1 aliphatic rings. The first-order chi connectivity index (χ1) is 9.25. The number of hydrogen-bond acceptors (Lipinski definition) is 5. The maximum atomic E-state index is 10.7. The van der Waals surface area contributed by atoms with Gasteiger partial charge >= 0.3 is 0 Å². The number of aliphatic imine (C=N–C) groups is 1. The van der Waals surface area contributed by atoms with Gasteiger partial charge in [-0.25, -0.2) is 4.79 Å². The molecule has 0 atom stereocenters. The molecule has 5 heteroatoms. The highest BCUT2D eigenvalue weighted by Gasteiger charge is 2.35. The fraction of sp³-hybridized carbons (Fsp3) is 0.500. The summed E-state index contributed by atoms with van der Waals surface area (Å²) in [6, 6.07) is 5.60. The van der Waals surface area contributed by atoms with E-state index in [1.54, 1.807) is 20.3 Å². The number of nitrogens with zero attached hydrogens (tertiary/aromatic N) is 1. The fourth-order valence-electron chi connectivity index (χ4n) is 2.39. The number of ether oxygens (including phenoxy) is 3. The van der Waals surface area contributed by atoms with Crippen molar-refractivity contribution in [2.24, 2.45) is 4.99 Å². The van der Waals surface area contributed by atoms with Crippen LogP contribution in [-0.4, -0.2) is 33.5 Å². The highest BCUT2D eigenvalue weighted by molar-refractivity contribution is 5.47. The van der Waals surface area contributed by atoms with Crippen LogP contribution >= 0.6 is 0 Å². The van der Waals surface area contributed by atoms with Gasteiger partial charge in [0.2, 0.25) is 6.08 Å². The Labute approximate surface area is 112 Å². The minimum Gasteiger partial charge on any atom is -0.493 e. The number of methoxy groups -OCH3 is 2. The number of carbonyl (C=O) groups excluding carboxylic acids is 1. The van der Waals surface area contributed by atoms with E-state index in [0.717, 1.165) is 5.56 Å². The lowest BCUT2D eigenvalue weighted by atomic mass is 9.83. The van der Waals surface area contributed by atoms with E-state index in [4.69, 9.17) is 14.2 Å². The first kappa shape index (κ1) is 13.6. The number of benzene rings is 1. The summed E-state index contributed by atoms with van der Waals surface area (Å²) in [6.07, 6.45) is 3.02. The van der Waals surface area contributed by atoms with Crippen molar-refractivity contribution in [2.75, 3.05) is 27.4 Å². The molecule has 0 unspecified atom stereocenters. The van der Waals surface area contributed by atoms with Gasteiger partial charge in [0.05, 0.1) is 14.2 Å². The molecule has 0 aliphatic carbocycles. The highest BCUT2D eigenvalue weighted by atomic mass is 16.5. The molecule has 19 heavy (non-hydrogen) atoms. The van der Waals surface area contributed by atoms with E-state index >= 15 is 0 Å². The quantitative estimate of drug-likeness (QED) is 0.616. The molecule has 102 valence electrons. The summed E-state index contributed by atoms with van der Waals surface area (Å²) in [7, 11) is 3.17. The summed E-state index contributed by atoms with van der Waals surface area (Å²) in [5.74, 6) is 1.29. The minimum absolute atomic E-state index is 0.556. The number of hydrogen-bond donors (Lipinski definition) is 0. The molecule has 1 aromatic rings. The smallest absolute Gasteiger partial charge is 0.235 e. The SMILES string of the molecule is COc1ccc(C2(N=C=O)CCOCC2)cc1OC. The van der Waals surface area contributed by atoms with Crippen LogP contribution in [0.1, 0.15) is 18.4 Å². The molecule has 0 bridgehead atoms. The van der Waals surface area contributed by atoms with E-state index in [2.05, 4.69) is 4.99 Å². The summed E-state index contributed by atoms with van der Waals surface area (Å²) in [6.45, 7) is 1.17. The van der Waals surface area contributed by atoms with Gasteiger partial charge in [-0.1, -0.05) is 6.07 Å². The Bertz CT molecular complexity index is 488. The second-order valence-electron chi connectivity index (χ2n) is 4.42. The van der Waals surface area contributed by atoms with Crippen molar-refractivity contribution in [3.8, 4) is 11.5 Å². The van der Waals surface area contributed by atoms with E-state index in [9.17, 15) is 4.79 Å². The molecule has 0 saturated carbocycles. The van der Waals surface area contributed by atoms with Crippen molar-refractivity contribution in [1.29, 1.82) is 0 Å². The highest BCUT2D eigenvalue weighted by Crippen LogP contribution is 2.39. The Morgan fingerprint density at radius 1 is 1.21 bits per heavy atom. The maximum absolute atomic E-state index is 10.7. The van der Waals surface area contributed by atoms with Crippen LogP contribution < -0.4 is 9.47 Å². The number of isocyanates is 1. The zero-order valence-electron chi connectivity index (χ0n) is 11.1. The van der Waals surface area contributed by atoms with Crippen molar-refractivity contribution >= 4 is 6.08 Å². The van der Waals surface area contributed by atoms with Crippen LogP contribution in [-0.2, 0) is 15.1 Å². The van der Waals surface area contributed by atoms with Crippen LogP contribution in [0.5, 0.6) is 11.5 Å². The Kier molecular flexibility index (Phi) is 4.20. The van der Waals surface area contributed by atoms with Crippen LogP contribution in [0.4, 0.5) is 0 Å². The Hall–Kier alpha value is -1.84. The summed E-state index contributed by atoms with van der Waals surface area (Å²) in [4.78, 5) is 14.8. The zero-order valence-corrected chi connectivity index (χ0v) is 11.1. The van der Waals surface area contributed by atoms with E-state index < -0.39 is 5.54 Å². The Morgan fingerprint density at radius 2 is 1.89 bits per heavy atom. The largest absolute Gasteiger partial charge is 0.493 e. The van der Waals surface area contributed by atoms with Crippen molar-refractivity contribution in [3.05, 3.63) is 23.8 Å². The van der Waals surface area contributed by atoms with Gasteiger partial charge in [-0.15, -0.1) is 0 Å². The van der Waals surface area contributed by atoms with E-state index in [0.29, 0.717) is 37.6 Å². The maximum Gasteiger partial charge on any atom is 0.235 e. The molecule has 1 aliphatic heterocycles. The van der Waals surface area contributed by atoms with Crippen LogP contribution in [0.3, 0.4) is 0 Å². The van der Waals surface area contributed by atoms with Gasteiger partial charge in [0.15, 0.2) is 11.5 Å². The lowest BCUT2D eigenvalue weighted by Crippen LogP contribution is -2.31. The first-order valence-corrected chi connectivity index (χ1v) is 6.15. The Morgan fingerprint density at radius 3 is 2.47 bits per heavy atom. The molecule has 1 aromatic carbocycles. The van der Waals surface area contributed by atoms with Crippen LogP contribution in [0.2, 0.25) is 0 Å². The summed E-state index contributed by atoms with van der Waals surface area (Å²) in [5, 5.41) is 0. The first-order valence-electron chi connectivity index (χ1n) is 6.15. The fourth-order valence-corrected chi connectivity index (χ4v) is 2.39. The van der Waals surface area contributed by atoms with E-state index in [1.807, 2.05) is 18.2 Å². The van der Waals surface area contributed by atoms with Gasteiger partial charge in [0.1, 0.15) is 5.54 Å². The molecule has 1 saturated heterocycles. The molecule has 0 spiro atoms. The molecule has 0 aromatic heterocycles. The third-order valence-electron chi connectivity index (χ3n) is 3.50. The topological polar surface area (TPSA) is 57.1 Å². The lowest BCUT2D eigenvalue weighted by Gasteiger charge is -2.32. The Balaban J connectivity index is 2.44. The molecule has 1 fully saturated rings. The molecule has 2 rings (SSSR count). The van der Waals surface area contributed by atoms with Crippen molar-refractivity contribution in [1.82, 2.24) is 0 Å². The third kappa shape index (κ3) is 2.62. The second-order valence-corrected chi connectivity index (χ2v) is 4.42. The molecule has 1 heterocycles. The molecular weight excluding hydrogens is 246 g/mol. The molecular formula is C14H17NO4. The standard InChI is InChI=1S/C14H17NO4/c1-17-12-4-3-11(9-13(12)18-2)14(15-10-16)5-7-19-8-6-14/h3-4,9H,5-8H2,1-2H3. The molecule has 0 amide bonds. The summed E-state index contributed by atoms with van der Waals surface area (Å²) >= 11 is 0. The minimum atomic E-state index is -0.556. The predicted molar refractivity (Wildman–Crippen MR) is 69.4 cm³/mol. The van der Waals surface area contributed by atoms with Crippen molar-refractivity contribution < 1.29 is 19.0 Å². The third-order valence-corrected chi connectivity index (χ3v) is 3.50.